The number of fused-ring (bicyclic) bond motifs is 10. The zero-order chi connectivity index (χ0) is 64.7. The minimum Gasteiger partial charge on any atom is -0.510 e. The average molecular weight is 1250 g/mol. The van der Waals surface area contributed by atoms with Gasteiger partial charge >= 0.3 is 0 Å². The van der Waals surface area contributed by atoms with Gasteiger partial charge in [-0.25, -0.2) is 4.98 Å². The van der Waals surface area contributed by atoms with Crippen molar-refractivity contribution in [1.82, 2.24) is 14.1 Å². The number of hydrogen-bond acceptors (Lipinski definition) is 2. The van der Waals surface area contributed by atoms with E-state index >= 15 is 0 Å². The predicted octanol–water partition coefficient (Wildman–Crippen LogP) is 19.1. The Morgan fingerprint density at radius 2 is 1.18 bits per heavy atom. The molecule has 402 valence electrons. The molecule has 14 rings (SSSR count). The van der Waals surface area contributed by atoms with Gasteiger partial charge in [-0.1, -0.05) is 205 Å². The molecule has 1 aliphatic heterocycles. The monoisotopic (exact) mass is 1250 g/mol. The van der Waals surface area contributed by atoms with Gasteiger partial charge in [0.1, 0.15) is 5.82 Å². The second-order valence-corrected chi connectivity index (χ2v) is 22.8. The average Bonchev–Trinajstić information content (AvgIpc) is 1.62. The molecule has 0 fully saturated rings. The Kier molecular flexibility index (Phi) is 10.2. The Morgan fingerprint density at radius 3 is 1.95 bits per heavy atom. The summed E-state index contributed by atoms with van der Waals surface area (Å²) >= 11 is 0. The van der Waals surface area contributed by atoms with Gasteiger partial charge in [-0.05, 0) is 149 Å². The molecule has 0 saturated carbocycles. The molecule has 13 aromatic rings. The summed E-state index contributed by atoms with van der Waals surface area (Å²) < 4.78 is 112. The Labute approximate surface area is 510 Å². The summed E-state index contributed by atoms with van der Waals surface area (Å²) in [6.07, 6.45) is 5.65. The van der Waals surface area contributed by atoms with Crippen molar-refractivity contribution in [2.24, 2.45) is 0 Å². The summed E-state index contributed by atoms with van der Waals surface area (Å²) in [7, 11) is 0. The topological polar surface area (TPSA) is 35.9 Å². The Hall–Kier alpha value is -8.89. The largest absolute Gasteiger partial charge is 0.510 e. The first-order valence-electron chi connectivity index (χ1n) is 32.6. The molecule has 0 spiro atoms. The SMILES string of the molecule is [2H]c1c([2H])c([2H])c(-c2cccc3c2-c2ccccc2-c2cc(-c4c(C([2H])([2H])[2H])cccc4C([2H])([2H])[2H])cc4c2[n+]([c-]n4-c2[c-]c(Oc4[c-]c5c(cc4)c4ccccc4n5-c4cc(C(C)(C)C)ccn4)ccc2)-c2c(-c4ccc(C(C)(C)C)cc4)cccc2-3)c([2H])c1[2H].[Pt]. The summed E-state index contributed by atoms with van der Waals surface area (Å²) in [6.45, 7) is 7.48. The number of para-hydroxylation sites is 2. The molecule has 0 N–H and O–H groups in total. The van der Waals surface area contributed by atoms with Gasteiger partial charge in [0.2, 0.25) is 0 Å². The molecule has 0 bridgehead atoms. The molecule has 0 aliphatic carbocycles. The van der Waals surface area contributed by atoms with Gasteiger partial charge in [-0.15, -0.1) is 29.7 Å². The first-order chi connectivity index (χ1) is 43.8. The van der Waals surface area contributed by atoms with E-state index in [0.29, 0.717) is 72.9 Å². The van der Waals surface area contributed by atoms with Crippen molar-refractivity contribution in [2.45, 2.75) is 66.1 Å². The van der Waals surface area contributed by atoms with E-state index in [1.54, 1.807) is 6.07 Å². The molecule has 82 heavy (non-hydrogen) atoms. The van der Waals surface area contributed by atoms with Gasteiger partial charge in [0.05, 0.1) is 23.6 Å². The van der Waals surface area contributed by atoms with Crippen LogP contribution in [0.1, 0.15) is 78.9 Å². The van der Waals surface area contributed by atoms with E-state index in [2.05, 4.69) is 107 Å². The number of hydrogen-bond donors (Lipinski definition) is 0. The number of benzene rings is 10. The number of nitrogens with zero attached hydrogens (tertiary/aromatic N) is 4. The molecule has 5 nitrogen and oxygen atoms in total. The quantitative estimate of drug-likeness (QED) is 0.118. The third-order valence-corrected chi connectivity index (χ3v) is 15.7. The molecular formula is C76H60N4OPt-2. The molecule has 10 aromatic carbocycles. The first-order valence-corrected chi connectivity index (χ1v) is 27.1. The molecular weight excluding hydrogens is 1180 g/mol. The van der Waals surface area contributed by atoms with Crippen molar-refractivity contribution in [1.29, 1.82) is 0 Å². The van der Waals surface area contributed by atoms with Crippen LogP contribution in [0.4, 0.5) is 0 Å². The summed E-state index contributed by atoms with van der Waals surface area (Å²) in [6, 6.07) is 62.5. The fourth-order valence-corrected chi connectivity index (χ4v) is 11.7. The minimum atomic E-state index is -2.77. The number of imidazole rings is 1. The van der Waals surface area contributed by atoms with E-state index in [1.165, 1.54) is 18.2 Å². The van der Waals surface area contributed by atoms with E-state index in [1.807, 2.05) is 131 Å². The van der Waals surface area contributed by atoms with Crippen LogP contribution < -0.4 is 9.30 Å². The maximum absolute atomic E-state index is 9.41. The molecule has 1 aliphatic rings. The fourth-order valence-electron chi connectivity index (χ4n) is 11.7. The van der Waals surface area contributed by atoms with Gasteiger partial charge in [0.25, 0.3) is 6.33 Å². The molecule has 4 heterocycles. The van der Waals surface area contributed by atoms with Crippen LogP contribution in [0.3, 0.4) is 0 Å². The Balaban J connectivity index is 0.00000787. The van der Waals surface area contributed by atoms with E-state index in [-0.39, 0.29) is 71.8 Å². The van der Waals surface area contributed by atoms with Gasteiger partial charge in [0.15, 0.2) is 0 Å². The molecule has 0 amide bonds. The first kappa shape index (κ1) is 41.2. The molecule has 3 aromatic heterocycles. The van der Waals surface area contributed by atoms with E-state index in [9.17, 15) is 2.74 Å². The Morgan fingerprint density at radius 1 is 0.512 bits per heavy atom. The molecule has 0 radical (unpaired) electrons. The molecule has 0 saturated heterocycles. The minimum absolute atomic E-state index is 0. The van der Waals surface area contributed by atoms with Crippen LogP contribution in [0, 0.1) is 32.2 Å². The summed E-state index contributed by atoms with van der Waals surface area (Å²) in [5.41, 5.74) is 11.7. The van der Waals surface area contributed by atoms with Gasteiger partial charge in [-0.3, -0.25) is 4.57 Å². The normalized spacial score (nSPS) is 14.3. The van der Waals surface area contributed by atoms with Crippen molar-refractivity contribution in [3.05, 3.63) is 259 Å². The van der Waals surface area contributed by atoms with Crippen molar-refractivity contribution in [2.75, 3.05) is 0 Å². The molecule has 0 unspecified atom stereocenters. The van der Waals surface area contributed by atoms with Gasteiger partial charge < -0.3 is 13.9 Å². The third kappa shape index (κ3) is 8.91. The van der Waals surface area contributed by atoms with Crippen LogP contribution in [0.2, 0.25) is 0 Å². The third-order valence-electron chi connectivity index (χ3n) is 15.7. The van der Waals surface area contributed by atoms with E-state index < -0.39 is 31.8 Å². The van der Waals surface area contributed by atoms with Crippen LogP contribution >= 0.6 is 0 Å². The van der Waals surface area contributed by atoms with E-state index in [4.69, 9.17) is 22.1 Å². The van der Waals surface area contributed by atoms with Crippen LogP contribution in [0.5, 0.6) is 11.5 Å². The Bertz CT molecular complexity index is 5140. The van der Waals surface area contributed by atoms with Crippen LogP contribution in [0.15, 0.2) is 218 Å². The second kappa shape index (κ2) is 20.3. The smallest absolute Gasteiger partial charge is 0.268 e. The number of rotatable bonds is 7. The fraction of sp³-hybridized carbons (Fsp3) is 0.132. The maximum atomic E-state index is 9.41. The number of pyridine rings is 1. The van der Waals surface area contributed by atoms with Crippen molar-refractivity contribution >= 4 is 32.8 Å². The predicted molar refractivity (Wildman–Crippen MR) is 333 cm³/mol. The summed E-state index contributed by atoms with van der Waals surface area (Å²) in [5.74, 6) is 1.50. The van der Waals surface area contributed by atoms with Crippen LogP contribution in [0.25, 0.3) is 117 Å². The molecule has 0 atom stereocenters. The number of aromatic nitrogens is 4. The second-order valence-electron chi connectivity index (χ2n) is 22.8. The van der Waals surface area contributed by atoms with Crippen molar-refractivity contribution in [3.63, 3.8) is 0 Å². The van der Waals surface area contributed by atoms with Crippen LogP contribution in [-0.2, 0) is 31.9 Å². The summed E-state index contributed by atoms with van der Waals surface area (Å²) in [5, 5.41) is 2.00. The molecule has 6 heteroatoms. The standard InChI is InChI=1S/C76H60N4O.Pt/c1-48-20-16-21-49(2)71(48)52-42-66-60-26-12-13-28-63(60)72-58(50-22-10-9-11-23-50)29-18-31-64(72)65-32-19-30-59(51-34-36-53(37-35-51)75(3,4)5)73(65)79-47-78(69(43-52)74(66)79)55-24-17-25-56(45-55)81-57-38-39-62-61-27-14-15-33-67(61)80(68(62)46-57)70-44-54(40-41-77-70)76(6,7)8;/h9-44H,1-8H3;/q-2;/i1D3,2D3,9D,10D,11D,22D,23D;. The zero-order valence-corrected chi connectivity index (χ0v) is 48.2. The van der Waals surface area contributed by atoms with Crippen molar-refractivity contribution in [3.8, 4) is 95.5 Å². The van der Waals surface area contributed by atoms with Crippen LogP contribution in [-0.4, -0.2) is 14.1 Å². The number of aryl methyl sites for hydroxylation is 2. The zero-order valence-electron chi connectivity index (χ0n) is 56.9. The van der Waals surface area contributed by atoms with Gasteiger partial charge in [0, 0.05) is 52.5 Å². The van der Waals surface area contributed by atoms with E-state index in [0.717, 1.165) is 49.9 Å². The number of ether oxygens (including phenoxy) is 1. The summed E-state index contributed by atoms with van der Waals surface area (Å²) in [4.78, 5) is 4.88. The maximum Gasteiger partial charge on any atom is 0.268 e. The van der Waals surface area contributed by atoms with Crippen molar-refractivity contribution < 1.29 is 45.4 Å². The van der Waals surface area contributed by atoms with Gasteiger partial charge in [-0.2, -0.15) is 18.2 Å².